The van der Waals surface area contributed by atoms with Gasteiger partial charge in [-0.1, -0.05) is 44.1 Å². The van der Waals surface area contributed by atoms with Crippen LogP contribution in [-0.4, -0.2) is 21.3 Å². The Morgan fingerprint density at radius 2 is 1.56 bits per heavy atom. The maximum Gasteiger partial charge on any atom is 0.130 e. The fourth-order valence-electron chi connectivity index (χ4n) is 3.49. The highest BCUT2D eigenvalue weighted by molar-refractivity contribution is 5.91. The largest absolute Gasteiger partial charge is 0.496 e. The number of hydrogen-bond donors (Lipinski definition) is 0. The predicted molar refractivity (Wildman–Crippen MR) is 114 cm³/mol. The molecule has 0 bridgehead atoms. The van der Waals surface area contributed by atoms with Gasteiger partial charge in [0.25, 0.3) is 0 Å². The SMILES string of the molecule is C=C(C)c1ccc(C)c(OC)c1-c1c(OC)cc(CCCCC)cc1OC. The van der Waals surface area contributed by atoms with Crippen LogP contribution in [0.15, 0.2) is 30.8 Å². The number of benzene rings is 2. The van der Waals surface area contributed by atoms with Gasteiger partial charge in [-0.05, 0) is 55.5 Å². The number of hydrogen-bond acceptors (Lipinski definition) is 3. The Labute approximate surface area is 164 Å². The number of unbranched alkanes of at least 4 members (excludes halogenated alkanes) is 2. The summed E-state index contributed by atoms with van der Waals surface area (Å²) >= 11 is 0. The molecule has 0 saturated heterocycles. The summed E-state index contributed by atoms with van der Waals surface area (Å²) in [5.41, 5.74) is 6.18. The third kappa shape index (κ3) is 4.47. The van der Waals surface area contributed by atoms with Crippen LogP contribution in [0.2, 0.25) is 0 Å². The highest BCUT2D eigenvalue weighted by atomic mass is 16.5. The first-order valence-corrected chi connectivity index (χ1v) is 9.57. The van der Waals surface area contributed by atoms with Crippen molar-refractivity contribution in [1.82, 2.24) is 0 Å². The molecule has 0 aliphatic heterocycles. The maximum absolute atomic E-state index is 5.80. The summed E-state index contributed by atoms with van der Waals surface area (Å²) in [6, 6.07) is 8.39. The van der Waals surface area contributed by atoms with E-state index in [1.165, 1.54) is 18.4 Å². The van der Waals surface area contributed by atoms with Crippen molar-refractivity contribution >= 4 is 5.57 Å². The van der Waals surface area contributed by atoms with Gasteiger partial charge < -0.3 is 14.2 Å². The molecule has 3 nitrogen and oxygen atoms in total. The monoisotopic (exact) mass is 368 g/mol. The number of methoxy groups -OCH3 is 3. The van der Waals surface area contributed by atoms with E-state index < -0.39 is 0 Å². The molecular formula is C24H32O3. The van der Waals surface area contributed by atoms with Gasteiger partial charge in [0.05, 0.1) is 26.9 Å². The average Bonchev–Trinajstić information content (AvgIpc) is 2.66. The molecule has 146 valence electrons. The third-order valence-electron chi connectivity index (χ3n) is 4.90. The van der Waals surface area contributed by atoms with Gasteiger partial charge >= 0.3 is 0 Å². The molecule has 0 spiro atoms. The lowest BCUT2D eigenvalue weighted by Crippen LogP contribution is -2.01. The Morgan fingerprint density at radius 1 is 0.926 bits per heavy atom. The first kappa shape index (κ1) is 20.9. The van der Waals surface area contributed by atoms with Crippen LogP contribution in [0.1, 0.15) is 49.8 Å². The van der Waals surface area contributed by atoms with E-state index in [2.05, 4.69) is 37.8 Å². The van der Waals surface area contributed by atoms with Crippen molar-refractivity contribution in [2.75, 3.05) is 21.3 Å². The van der Waals surface area contributed by atoms with Crippen LogP contribution in [0.25, 0.3) is 16.7 Å². The van der Waals surface area contributed by atoms with Gasteiger partial charge in [0.1, 0.15) is 17.2 Å². The molecule has 0 unspecified atom stereocenters. The number of ether oxygens (including phenoxy) is 3. The second kappa shape index (κ2) is 9.50. The van der Waals surface area contributed by atoms with Crippen molar-refractivity contribution in [3.8, 4) is 28.4 Å². The second-order valence-corrected chi connectivity index (χ2v) is 6.95. The normalized spacial score (nSPS) is 10.6. The van der Waals surface area contributed by atoms with Gasteiger partial charge in [-0.3, -0.25) is 0 Å². The van der Waals surface area contributed by atoms with Crippen LogP contribution >= 0.6 is 0 Å². The predicted octanol–water partition coefficient (Wildman–Crippen LogP) is 6.45. The van der Waals surface area contributed by atoms with E-state index >= 15 is 0 Å². The van der Waals surface area contributed by atoms with Crippen LogP contribution in [0.4, 0.5) is 0 Å². The molecule has 0 aliphatic rings. The van der Waals surface area contributed by atoms with Crippen molar-refractivity contribution in [3.05, 3.63) is 47.5 Å². The zero-order valence-electron chi connectivity index (χ0n) is 17.6. The highest BCUT2D eigenvalue weighted by Crippen LogP contribution is 2.48. The van der Waals surface area contributed by atoms with E-state index in [1.54, 1.807) is 21.3 Å². The Balaban J connectivity index is 2.74. The summed E-state index contributed by atoms with van der Waals surface area (Å²) in [6.07, 6.45) is 4.60. The van der Waals surface area contributed by atoms with Crippen LogP contribution in [-0.2, 0) is 6.42 Å². The van der Waals surface area contributed by atoms with Crippen molar-refractivity contribution < 1.29 is 14.2 Å². The zero-order valence-corrected chi connectivity index (χ0v) is 17.6. The minimum atomic E-state index is 0.798. The van der Waals surface area contributed by atoms with Gasteiger partial charge in [0, 0.05) is 5.56 Å². The molecule has 0 saturated carbocycles. The van der Waals surface area contributed by atoms with Crippen LogP contribution in [0.5, 0.6) is 17.2 Å². The molecule has 0 aromatic heterocycles. The number of allylic oxidation sites excluding steroid dienone is 1. The van der Waals surface area contributed by atoms with Crippen molar-refractivity contribution in [2.24, 2.45) is 0 Å². The van der Waals surface area contributed by atoms with Gasteiger partial charge in [-0.25, -0.2) is 0 Å². The van der Waals surface area contributed by atoms with Gasteiger partial charge in [0.2, 0.25) is 0 Å². The first-order valence-electron chi connectivity index (χ1n) is 9.57. The molecule has 0 N–H and O–H groups in total. The van der Waals surface area contributed by atoms with Crippen molar-refractivity contribution in [1.29, 1.82) is 0 Å². The highest BCUT2D eigenvalue weighted by Gasteiger charge is 2.23. The molecule has 0 radical (unpaired) electrons. The maximum atomic E-state index is 5.80. The quantitative estimate of drug-likeness (QED) is 0.476. The topological polar surface area (TPSA) is 27.7 Å². The van der Waals surface area contributed by atoms with Gasteiger partial charge in [-0.2, -0.15) is 0 Å². The summed E-state index contributed by atoms with van der Waals surface area (Å²) in [5.74, 6) is 2.42. The second-order valence-electron chi connectivity index (χ2n) is 6.95. The molecule has 0 atom stereocenters. The molecular weight excluding hydrogens is 336 g/mol. The molecule has 2 rings (SSSR count). The fourth-order valence-corrected chi connectivity index (χ4v) is 3.49. The lowest BCUT2D eigenvalue weighted by Gasteiger charge is -2.21. The number of rotatable bonds is 9. The van der Waals surface area contributed by atoms with E-state index in [4.69, 9.17) is 14.2 Å². The molecule has 2 aromatic carbocycles. The molecule has 0 aliphatic carbocycles. The smallest absolute Gasteiger partial charge is 0.130 e. The molecule has 0 fully saturated rings. The van der Waals surface area contributed by atoms with Crippen molar-refractivity contribution in [2.45, 2.75) is 46.5 Å². The average molecular weight is 369 g/mol. The lowest BCUT2D eigenvalue weighted by atomic mass is 9.90. The summed E-state index contributed by atoms with van der Waals surface area (Å²) < 4.78 is 17.4. The lowest BCUT2D eigenvalue weighted by molar-refractivity contribution is 0.393. The Kier molecular flexibility index (Phi) is 7.35. The minimum absolute atomic E-state index is 0.798. The zero-order chi connectivity index (χ0) is 20.0. The van der Waals surface area contributed by atoms with Crippen LogP contribution < -0.4 is 14.2 Å². The molecule has 3 heteroatoms. The van der Waals surface area contributed by atoms with E-state index in [0.29, 0.717) is 0 Å². The Hall–Kier alpha value is -2.42. The third-order valence-corrected chi connectivity index (χ3v) is 4.90. The van der Waals surface area contributed by atoms with Gasteiger partial charge in [-0.15, -0.1) is 0 Å². The summed E-state index contributed by atoms with van der Waals surface area (Å²) in [7, 11) is 5.11. The van der Waals surface area contributed by atoms with Gasteiger partial charge in [0.15, 0.2) is 0 Å². The first-order chi connectivity index (χ1) is 13.0. The summed E-state index contributed by atoms with van der Waals surface area (Å²) in [6.45, 7) is 10.4. The molecule has 0 amide bonds. The Bertz CT molecular complexity index is 781. The minimum Gasteiger partial charge on any atom is -0.496 e. The molecule has 0 heterocycles. The Morgan fingerprint density at radius 3 is 2.04 bits per heavy atom. The number of aryl methyl sites for hydroxylation is 2. The summed E-state index contributed by atoms with van der Waals surface area (Å²) in [4.78, 5) is 0. The van der Waals surface area contributed by atoms with Crippen LogP contribution in [0.3, 0.4) is 0 Å². The van der Waals surface area contributed by atoms with E-state index in [-0.39, 0.29) is 0 Å². The summed E-state index contributed by atoms with van der Waals surface area (Å²) in [5, 5.41) is 0. The molecule has 2 aromatic rings. The fraction of sp³-hybridized carbons (Fsp3) is 0.417. The van der Waals surface area contributed by atoms with Crippen LogP contribution in [0, 0.1) is 6.92 Å². The standard InChI is InChI=1S/C24H32O3/c1-8-9-10-11-18-14-20(25-5)23(21(15-18)26-6)22-19(16(2)3)13-12-17(4)24(22)27-7/h12-15H,2,8-11H2,1,3-7H3. The van der Waals surface area contributed by atoms with E-state index in [9.17, 15) is 0 Å². The van der Waals surface area contributed by atoms with Crippen molar-refractivity contribution in [3.63, 3.8) is 0 Å². The molecule has 27 heavy (non-hydrogen) atoms. The van der Waals surface area contributed by atoms with E-state index in [0.717, 1.165) is 57.9 Å². The van der Waals surface area contributed by atoms with E-state index in [1.807, 2.05) is 13.8 Å².